The van der Waals surface area contributed by atoms with Crippen molar-refractivity contribution in [3.63, 3.8) is 0 Å². The average Bonchev–Trinajstić information content (AvgIpc) is 3.22. The lowest BCUT2D eigenvalue weighted by molar-refractivity contribution is -0.143. The number of phenols is 2. The molecule has 0 spiro atoms. The number of hydrogen-bond acceptors (Lipinski definition) is 12. The number of carbonyl (C=O) groups excluding carboxylic acids is 2. The van der Waals surface area contributed by atoms with Crippen LogP contribution in [0.4, 0.5) is 0 Å². The summed E-state index contributed by atoms with van der Waals surface area (Å²) in [7, 11) is 2.56. The highest BCUT2D eigenvalue weighted by Crippen LogP contribution is 2.43. The molecule has 62 heavy (non-hydrogen) atoms. The lowest BCUT2D eigenvalue weighted by atomic mass is 9.81. The number of ether oxygens (including phenoxy) is 6. The first kappa shape index (κ1) is 47.6. The largest absolute Gasteiger partial charge is 0.507 e. The highest BCUT2D eigenvalue weighted by molar-refractivity contribution is 5.76. The summed E-state index contributed by atoms with van der Waals surface area (Å²) in [5.41, 5.74) is 19.4. The second-order valence-corrected chi connectivity index (χ2v) is 18.2. The Morgan fingerprint density at radius 2 is 0.823 bits per heavy atom. The summed E-state index contributed by atoms with van der Waals surface area (Å²) in [6.45, 7) is 17.5. The second kappa shape index (κ2) is 20.2. The van der Waals surface area contributed by atoms with Gasteiger partial charge in [-0.05, 0) is 81.3 Å². The Labute approximate surface area is 366 Å². The Bertz CT molecular complexity index is 1980. The molecule has 6 N–H and O–H groups in total. The molecule has 12 nitrogen and oxygen atoms in total. The molecule has 336 valence electrons. The molecule has 5 rings (SSSR count). The van der Waals surface area contributed by atoms with Crippen LogP contribution in [0.15, 0.2) is 48.5 Å². The van der Waals surface area contributed by atoms with E-state index in [2.05, 4.69) is 65.8 Å². The lowest BCUT2D eigenvalue weighted by Gasteiger charge is -2.26. The quantitative estimate of drug-likeness (QED) is 0.0801. The van der Waals surface area contributed by atoms with Crippen molar-refractivity contribution < 1.29 is 48.2 Å². The number of carbonyl (C=O) groups is 2. The van der Waals surface area contributed by atoms with Gasteiger partial charge in [0.2, 0.25) is 0 Å². The SMILES string of the molecule is CCCOc1c2cc(C(C)(C)C)cc1Cc1cc(OC[C@H](N)C(=O)OC)cc(c1O)Cc1cc(C(C)(C)C)cc(c1OCCC)Cc1cc(OC[C@H](N)C(=O)OC)cc(c1O)C2. The van der Waals surface area contributed by atoms with Crippen LogP contribution in [0.25, 0.3) is 0 Å². The smallest absolute Gasteiger partial charge is 0.326 e. The molecule has 12 heteroatoms. The number of phenolic OH excluding ortho intramolecular Hbond substituents is 2. The average molecular weight is 855 g/mol. The lowest BCUT2D eigenvalue weighted by Crippen LogP contribution is -2.37. The maximum Gasteiger partial charge on any atom is 0.326 e. The highest BCUT2D eigenvalue weighted by Gasteiger charge is 2.27. The van der Waals surface area contributed by atoms with Crippen LogP contribution >= 0.6 is 0 Å². The zero-order valence-electron chi connectivity index (χ0n) is 38.2. The predicted octanol–water partition coefficient (Wildman–Crippen LogP) is 7.71. The summed E-state index contributed by atoms with van der Waals surface area (Å²) in [6.07, 6.45) is 2.52. The van der Waals surface area contributed by atoms with Crippen LogP contribution < -0.4 is 30.4 Å². The Morgan fingerprint density at radius 3 is 1.06 bits per heavy atom. The van der Waals surface area contributed by atoms with Gasteiger partial charge in [-0.15, -0.1) is 0 Å². The second-order valence-electron chi connectivity index (χ2n) is 18.2. The van der Waals surface area contributed by atoms with Gasteiger partial charge in [0.05, 0.1) is 27.4 Å². The molecule has 0 heterocycles. The summed E-state index contributed by atoms with van der Waals surface area (Å²) in [4.78, 5) is 24.6. The van der Waals surface area contributed by atoms with E-state index in [0.717, 1.165) is 46.2 Å². The molecule has 2 atom stereocenters. The first-order valence-corrected chi connectivity index (χ1v) is 21.5. The fourth-order valence-corrected chi connectivity index (χ4v) is 7.47. The fraction of sp³-hybridized carbons (Fsp3) is 0.480. The van der Waals surface area contributed by atoms with Crippen LogP contribution in [0.3, 0.4) is 0 Å². The standard InChI is InChI=1S/C50H66N2O10/c1-11-13-59-45-33-15-29-23-39(61-27-41(51)47(55)57-9)25-31(43(29)53)17-35-21-38(50(6,7)8)22-36(46(35)60-14-12-2)18-32-26-40(62-28-42(52)48(56)58-10)24-30(44(32)54)16-34(45)20-37(19-33)49(3,4)5/h19-26,41-42,53-54H,11-18,27-28,51-52H2,1-10H3/t41-,42-/m0/s1. The van der Waals surface area contributed by atoms with E-state index < -0.39 is 24.0 Å². The van der Waals surface area contributed by atoms with Crippen LogP contribution in [-0.4, -0.2) is 74.9 Å². The third-order valence-corrected chi connectivity index (χ3v) is 11.0. The maximum atomic E-state index is 12.3. The van der Waals surface area contributed by atoms with Gasteiger partial charge in [0, 0.05) is 47.9 Å². The number of nitrogens with two attached hydrogens (primary N) is 2. The molecule has 4 aromatic rings. The number of hydrogen-bond donors (Lipinski definition) is 4. The van der Waals surface area contributed by atoms with Crippen LogP contribution in [0.2, 0.25) is 0 Å². The first-order valence-electron chi connectivity index (χ1n) is 21.5. The molecule has 0 unspecified atom stereocenters. The number of benzene rings is 4. The molecule has 0 radical (unpaired) electrons. The molecule has 4 aromatic carbocycles. The highest BCUT2D eigenvalue weighted by atomic mass is 16.5. The van der Waals surface area contributed by atoms with E-state index in [4.69, 9.17) is 39.9 Å². The molecule has 0 aromatic heterocycles. The van der Waals surface area contributed by atoms with Gasteiger partial charge in [0.15, 0.2) is 0 Å². The summed E-state index contributed by atoms with van der Waals surface area (Å²) >= 11 is 0. The van der Waals surface area contributed by atoms with Crippen LogP contribution in [0.5, 0.6) is 34.5 Å². The Hall–Kier alpha value is -5.46. The zero-order chi connectivity index (χ0) is 45.5. The van der Waals surface area contributed by atoms with E-state index in [1.165, 1.54) is 14.2 Å². The third kappa shape index (κ3) is 11.5. The molecular weight excluding hydrogens is 789 g/mol. The van der Waals surface area contributed by atoms with Crippen molar-refractivity contribution in [3.05, 3.63) is 104 Å². The van der Waals surface area contributed by atoms with E-state index in [1.54, 1.807) is 24.3 Å². The van der Waals surface area contributed by atoms with Crippen molar-refractivity contribution in [1.82, 2.24) is 0 Å². The van der Waals surface area contributed by atoms with Gasteiger partial charge >= 0.3 is 11.9 Å². The topological polar surface area (TPSA) is 182 Å². The number of methoxy groups -OCH3 is 2. The normalized spacial score (nSPS) is 13.7. The van der Waals surface area contributed by atoms with Crippen LogP contribution in [0.1, 0.15) is 124 Å². The van der Waals surface area contributed by atoms with Crippen molar-refractivity contribution in [3.8, 4) is 34.5 Å². The number of fused-ring (bicyclic) bond motifs is 8. The van der Waals surface area contributed by atoms with Crippen molar-refractivity contribution in [1.29, 1.82) is 0 Å². The van der Waals surface area contributed by atoms with Crippen LogP contribution in [-0.2, 0) is 55.6 Å². The number of esters is 2. The summed E-state index contributed by atoms with van der Waals surface area (Å²) in [5.74, 6) is 1.15. The predicted molar refractivity (Wildman–Crippen MR) is 240 cm³/mol. The van der Waals surface area contributed by atoms with E-state index in [9.17, 15) is 19.8 Å². The van der Waals surface area contributed by atoms with Gasteiger partial charge in [-0.25, -0.2) is 0 Å². The van der Waals surface area contributed by atoms with Crippen LogP contribution in [0, 0.1) is 0 Å². The molecule has 0 fully saturated rings. The van der Waals surface area contributed by atoms with Crippen molar-refractivity contribution in [2.75, 3.05) is 40.6 Å². The van der Waals surface area contributed by atoms with Gasteiger partial charge in [0.1, 0.15) is 59.8 Å². The maximum absolute atomic E-state index is 12.3. The third-order valence-electron chi connectivity index (χ3n) is 11.0. The minimum absolute atomic E-state index is 0.102. The van der Waals surface area contributed by atoms with Gasteiger partial charge < -0.3 is 50.1 Å². The minimum Gasteiger partial charge on any atom is -0.507 e. The minimum atomic E-state index is -1.02. The fourth-order valence-electron chi connectivity index (χ4n) is 7.47. The molecule has 1 aliphatic rings. The first-order chi connectivity index (χ1) is 29.3. The Morgan fingerprint density at radius 1 is 0.532 bits per heavy atom. The summed E-state index contributed by atoms with van der Waals surface area (Å²) < 4.78 is 35.3. The van der Waals surface area contributed by atoms with Crippen molar-refractivity contribution in [2.24, 2.45) is 11.5 Å². The molecule has 1 aliphatic carbocycles. The van der Waals surface area contributed by atoms with Gasteiger partial charge in [0.25, 0.3) is 0 Å². The number of aromatic hydroxyl groups is 2. The van der Waals surface area contributed by atoms with Crippen molar-refractivity contribution >= 4 is 11.9 Å². The molecule has 0 amide bonds. The monoisotopic (exact) mass is 854 g/mol. The van der Waals surface area contributed by atoms with Gasteiger partial charge in [-0.2, -0.15) is 0 Å². The molecule has 8 bridgehead atoms. The van der Waals surface area contributed by atoms with Crippen molar-refractivity contribution in [2.45, 2.75) is 117 Å². The Kier molecular flexibility index (Phi) is 15.5. The van der Waals surface area contributed by atoms with Gasteiger partial charge in [-0.3, -0.25) is 9.59 Å². The van der Waals surface area contributed by atoms with E-state index in [1.807, 2.05) is 13.8 Å². The summed E-state index contributed by atoms with van der Waals surface area (Å²) in [6, 6.07) is 13.6. The zero-order valence-corrected chi connectivity index (χ0v) is 38.2. The van der Waals surface area contributed by atoms with Gasteiger partial charge in [-0.1, -0.05) is 79.7 Å². The van der Waals surface area contributed by atoms with E-state index >= 15 is 0 Å². The Balaban J connectivity index is 1.86. The molecule has 0 saturated heterocycles. The van der Waals surface area contributed by atoms with E-state index in [-0.39, 0.29) is 61.2 Å². The summed E-state index contributed by atoms with van der Waals surface area (Å²) in [5, 5.41) is 24.7. The molecule has 0 aliphatic heterocycles. The molecular formula is C50H66N2O10. The number of rotatable bonds is 14. The molecule has 0 saturated carbocycles. The van der Waals surface area contributed by atoms with E-state index in [0.29, 0.717) is 58.5 Å².